The van der Waals surface area contributed by atoms with E-state index in [0.29, 0.717) is 28.1 Å². The fourth-order valence-electron chi connectivity index (χ4n) is 3.38. The van der Waals surface area contributed by atoms with E-state index >= 15 is 0 Å². The number of ether oxygens (including phenoxy) is 1. The van der Waals surface area contributed by atoms with Gasteiger partial charge in [0.05, 0.1) is 18.1 Å². The fraction of sp³-hybridized carbons (Fsp3) is 0.130. The van der Waals surface area contributed by atoms with E-state index in [9.17, 15) is 4.79 Å². The second-order valence-electron chi connectivity index (χ2n) is 7.13. The van der Waals surface area contributed by atoms with Gasteiger partial charge in [-0.15, -0.1) is 10.2 Å². The molecule has 8 nitrogen and oxygen atoms in total. The van der Waals surface area contributed by atoms with Gasteiger partial charge >= 0.3 is 0 Å². The van der Waals surface area contributed by atoms with Crippen molar-refractivity contribution in [3.8, 4) is 17.0 Å². The van der Waals surface area contributed by atoms with Crippen LogP contribution in [0.5, 0.6) is 5.75 Å². The molecule has 0 saturated carbocycles. The molecule has 0 aliphatic rings. The van der Waals surface area contributed by atoms with Gasteiger partial charge in [-0.25, -0.2) is 4.52 Å². The zero-order valence-corrected chi connectivity index (χ0v) is 19.2. The molecule has 0 spiro atoms. The number of benzene rings is 2. The lowest BCUT2D eigenvalue weighted by molar-refractivity contribution is -0.113. The van der Waals surface area contributed by atoms with Crippen molar-refractivity contribution in [1.82, 2.24) is 24.2 Å². The Hall–Kier alpha value is -3.56. The monoisotopic (exact) mass is 478 g/mol. The Kier molecular flexibility index (Phi) is 5.89. The minimum absolute atomic E-state index is 0.128. The van der Waals surface area contributed by atoms with Crippen molar-refractivity contribution in [3.63, 3.8) is 0 Å². The highest BCUT2D eigenvalue weighted by molar-refractivity contribution is 7.99. The Morgan fingerprint density at radius 1 is 1.09 bits per heavy atom. The maximum absolute atomic E-state index is 12.4. The predicted octanol–water partition coefficient (Wildman–Crippen LogP) is 4.83. The summed E-state index contributed by atoms with van der Waals surface area (Å²) in [6, 6.07) is 16.8. The van der Waals surface area contributed by atoms with Gasteiger partial charge in [-0.2, -0.15) is 5.10 Å². The van der Waals surface area contributed by atoms with Gasteiger partial charge < -0.3 is 10.1 Å². The van der Waals surface area contributed by atoms with Crippen molar-refractivity contribution < 1.29 is 9.53 Å². The molecule has 0 radical (unpaired) electrons. The molecule has 0 fully saturated rings. The number of hydrogen-bond donors (Lipinski definition) is 1. The van der Waals surface area contributed by atoms with Crippen molar-refractivity contribution in [3.05, 3.63) is 72.0 Å². The highest BCUT2D eigenvalue weighted by Gasteiger charge is 2.14. The SMILES string of the molecule is CCOc1ccc(NC(=O)CSc2nnc3c4cc(-c5ccc(Cl)cc5)nn4ccn23)cc1. The van der Waals surface area contributed by atoms with E-state index in [1.54, 1.807) is 4.52 Å². The van der Waals surface area contributed by atoms with Crippen LogP contribution in [0.15, 0.2) is 72.1 Å². The lowest BCUT2D eigenvalue weighted by Gasteiger charge is -2.06. The molecule has 166 valence electrons. The van der Waals surface area contributed by atoms with Crippen molar-refractivity contribution in [2.24, 2.45) is 0 Å². The van der Waals surface area contributed by atoms with E-state index in [2.05, 4.69) is 20.6 Å². The van der Waals surface area contributed by atoms with Crippen LogP contribution < -0.4 is 10.1 Å². The van der Waals surface area contributed by atoms with Gasteiger partial charge in [0.15, 0.2) is 10.8 Å². The molecule has 3 aromatic heterocycles. The van der Waals surface area contributed by atoms with Crippen LogP contribution in [0, 0.1) is 0 Å². The van der Waals surface area contributed by atoms with Crippen molar-refractivity contribution in [2.75, 3.05) is 17.7 Å². The predicted molar refractivity (Wildman–Crippen MR) is 129 cm³/mol. The summed E-state index contributed by atoms with van der Waals surface area (Å²) in [5.41, 5.74) is 3.97. The minimum atomic E-state index is -0.128. The molecule has 3 heterocycles. The van der Waals surface area contributed by atoms with E-state index in [-0.39, 0.29) is 11.7 Å². The van der Waals surface area contributed by atoms with Gasteiger partial charge in [0, 0.05) is 28.7 Å². The summed E-state index contributed by atoms with van der Waals surface area (Å²) in [5.74, 6) is 0.843. The molecular weight excluding hydrogens is 460 g/mol. The highest BCUT2D eigenvalue weighted by atomic mass is 35.5. The lowest BCUT2D eigenvalue weighted by atomic mass is 10.1. The molecule has 5 rings (SSSR count). The summed E-state index contributed by atoms with van der Waals surface area (Å²) < 4.78 is 9.04. The maximum atomic E-state index is 12.4. The molecule has 0 aliphatic carbocycles. The molecule has 0 atom stereocenters. The van der Waals surface area contributed by atoms with Gasteiger partial charge in [-0.3, -0.25) is 9.20 Å². The number of amides is 1. The van der Waals surface area contributed by atoms with Crippen LogP contribution in [0.3, 0.4) is 0 Å². The lowest BCUT2D eigenvalue weighted by Crippen LogP contribution is -2.14. The third kappa shape index (κ3) is 4.50. The summed E-state index contributed by atoms with van der Waals surface area (Å²) in [7, 11) is 0. The average molecular weight is 479 g/mol. The number of halogens is 1. The molecule has 0 saturated heterocycles. The summed E-state index contributed by atoms with van der Waals surface area (Å²) in [6.45, 7) is 2.53. The van der Waals surface area contributed by atoms with E-state index in [4.69, 9.17) is 16.3 Å². The van der Waals surface area contributed by atoms with Gasteiger partial charge in [0.1, 0.15) is 11.3 Å². The first-order valence-electron chi connectivity index (χ1n) is 10.3. The first-order valence-corrected chi connectivity index (χ1v) is 11.6. The maximum Gasteiger partial charge on any atom is 0.234 e. The Labute approximate surface area is 198 Å². The second kappa shape index (κ2) is 9.13. The van der Waals surface area contributed by atoms with E-state index < -0.39 is 0 Å². The molecule has 2 aromatic carbocycles. The van der Waals surface area contributed by atoms with Gasteiger partial charge in [0.25, 0.3) is 0 Å². The van der Waals surface area contributed by atoms with Gasteiger partial charge in [-0.05, 0) is 49.4 Å². The molecule has 33 heavy (non-hydrogen) atoms. The molecule has 0 aliphatic heterocycles. The summed E-state index contributed by atoms with van der Waals surface area (Å²) in [5, 5.41) is 17.4. The smallest absolute Gasteiger partial charge is 0.234 e. The molecule has 1 N–H and O–H groups in total. The quantitative estimate of drug-likeness (QED) is 0.337. The molecule has 0 bridgehead atoms. The third-order valence-electron chi connectivity index (χ3n) is 4.91. The van der Waals surface area contributed by atoms with Crippen LogP contribution in [0.1, 0.15) is 6.92 Å². The third-order valence-corrected chi connectivity index (χ3v) is 6.10. The number of nitrogens with one attached hydrogen (secondary N) is 1. The van der Waals surface area contributed by atoms with Crippen LogP contribution in [-0.4, -0.2) is 42.5 Å². The van der Waals surface area contributed by atoms with Crippen LogP contribution in [-0.2, 0) is 4.79 Å². The van der Waals surface area contributed by atoms with Crippen molar-refractivity contribution in [1.29, 1.82) is 0 Å². The van der Waals surface area contributed by atoms with E-state index in [1.165, 1.54) is 11.8 Å². The van der Waals surface area contributed by atoms with Crippen molar-refractivity contribution in [2.45, 2.75) is 12.1 Å². The summed E-state index contributed by atoms with van der Waals surface area (Å²) >= 11 is 7.31. The topological polar surface area (TPSA) is 85.8 Å². The molecule has 1 amide bonds. The largest absolute Gasteiger partial charge is 0.494 e. The Balaban J connectivity index is 1.31. The number of carbonyl (C=O) groups excluding carboxylic acids is 1. The Morgan fingerprint density at radius 2 is 1.88 bits per heavy atom. The minimum Gasteiger partial charge on any atom is -0.494 e. The van der Waals surface area contributed by atoms with Gasteiger partial charge in [0.2, 0.25) is 5.91 Å². The molecule has 5 aromatic rings. The Morgan fingerprint density at radius 3 is 2.64 bits per heavy atom. The second-order valence-corrected chi connectivity index (χ2v) is 8.51. The standard InChI is InChI=1S/C23H19ClN6O2S/c1-2-32-18-9-7-17(8-10-18)25-21(31)14-33-23-27-26-22-20-13-19(15-3-5-16(24)6-4-15)28-30(20)12-11-29(22)23/h3-13H,2,14H2,1H3,(H,25,31). The fourth-order valence-corrected chi connectivity index (χ4v) is 4.22. The highest BCUT2D eigenvalue weighted by Crippen LogP contribution is 2.25. The van der Waals surface area contributed by atoms with Crippen LogP contribution in [0.4, 0.5) is 5.69 Å². The van der Waals surface area contributed by atoms with Gasteiger partial charge in [-0.1, -0.05) is 35.5 Å². The number of hydrogen-bond acceptors (Lipinski definition) is 6. The molecule has 0 unspecified atom stereocenters. The number of fused-ring (bicyclic) bond motifs is 3. The summed E-state index contributed by atoms with van der Waals surface area (Å²) in [6.07, 6.45) is 3.68. The average Bonchev–Trinajstić information content (AvgIpc) is 3.43. The summed E-state index contributed by atoms with van der Waals surface area (Å²) in [4.78, 5) is 12.4. The number of nitrogens with zero attached hydrogens (tertiary/aromatic N) is 5. The van der Waals surface area contributed by atoms with E-state index in [1.807, 2.05) is 78.3 Å². The van der Waals surface area contributed by atoms with Crippen LogP contribution in [0.25, 0.3) is 22.4 Å². The van der Waals surface area contributed by atoms with Crippen molar-refractivity contribution >= 4 is 46.1 Å². The number of rotatable bonds is 7. The normalized spacial score (nSPS) is 11.2. The first kappa shape index (κ1) is 21.3. The molecule has 10 heteroatoms. The van der Waals surface area contributed by atoms with Crippen LogP contribution in [0.2, 0.25) is 5.02 Å². The molecular formula is C23H19ClN6O2S. The zero-order valence-electron chi connectivity index (χ0n) is 17.6. The van der Waals surface area contributed by atoms with E-state index in [0.717, 1.165) is 22.5 Å². The number of carbonyl (C=O) groups is 1. The number of thioether (sulfide) groups is 1. The first-order chi connectivity index (χ1) is 16.1. The van der Waals surface area contributed by atoms with Crippen LogP contribution >= 0.6 is 23.4 Å². The number of anilines is 1. The number of aromatic nitrogens is 5. The Bertz CT molecular complexity index is 1430. The zero-order chi connectivity index (χ0) is 22.8.